The van der Waals surface area contributed by atoms with Gasteiger partial charge in [-0.3, -0.25) is 9.69 Å². The number of carbonyl (C=O) groups is 1. The van der Waals surface area contributed by atoms with Crippen molar-refractivity contribution in [3.05, 3.63) is 107 Å². The maximum absolute atomic E-state index is 13.2. The summed E-state index contributed by atoms with van der Waals surface area (Å²) in [4.78, 5) is 21.8. The molecule has 1 aliphatic rings. The number of amidine groups is 1. The lowest BCUT2D eigenvalue weighted by atomic mass is 10.1. The van der Waals surface area contributed by atoms with Gasteiger partial charge in [0.1, 0.15) is 0 Å². The fourth-order valence-electron chi connectivity index (χ4n) is 3.80. The zero-order chi connectivity index (χ0) is 23.0. The lowest BCUT2D eigenvalue weighted by molar-refractivity contribution is -0.123. The molecular formula is C28H29N3O2. The van der Waals surface area contributed by atoms with Gasteiger partial charge in [-0.2, -0.15) is 0 Å². The van der Waals surface area contributed by atoms with Crippen LogP contribution in [-0.4, -0.2) is 29.9 Å². The lowest BCUT2D eigenvalue weighted by Gasteiger charge is -2.20. The Morgan fingerprint density at radius 1 is 0.848 bits per heavy atom. The molecule has 4 rings (SSSR count). The standard InChI is InChI=1S/C28H29N3O2/c1-3-30(4-2)25-17-15-22(16-18-25)19-26-27(32)31(21-24-13-9-6-10-14-24)28(33-26)29-20-23-11-7-5-8-12-23/h5-19H,3-4,20-21H2,1-2H3/b26-19+,29-28+. The van der Waals surface area contributed by atoms with E-state index in [1.807, 2.05) is 72.8 Å². The van der Waals surface area contributed by atoms with Crippen molar-refractivity contribution in [2.75, 3.05) is 18.0 Å². The molecule has 1 fully saturated rings. The van der Waals surface area contributed by atoms with Crippen LogP contribution in [-0.2, 0) is 22.6 Å². The van der Waals surface area contributed by atoms with Gasteiger partial charge in [0, 0.05) is 18.8 Å². The van der Waals surface area contributed by atoms with Crippen LogP contribution < -0.4 is 4.90 Å². The summed E-state index contributed by atoms with van der Waals surface area (Å²) >= 11 is 0. The van der Waals surface area contributed by atoms with Gasteiger partial charge in [-0.15, -0.1) is 0 Å². The van der Waals surface area contributed by atoms with Gasteiger partial charge >= 0.3 is 6.02 Å². The second kappa shape index (κ2) is 10.6. The van der Waals surface area contributed by atoms with Gasteiger partial charge in [0.15, 0.2) is 5.76 Å². The van der Waals surface area contributed by atoms with Crippen molar-refractivity contribution in [3.8, 4) is 0 Å². The van der Waals surface area contributed by atoms with Crippen LogP contribution >= 0.6 is 0 Å². The van der Waals surface area contributed by atoms with Crippen molar-refractivity contribution >= 4 is 23.7 Å². The summed E-state index contributed by atoms with van der Waals surface area (Å²) in [6.45, 7) is 7.04. The molecule has 5 heteroatoms. The highest BCUT2D eigenvalue weighted by molar-refractivity contribution is 6.11. The Morgan fingerprint density at radius 3 is 2.06 bits per heavy atom. The third-order valence-electron chi connectivity index (χ3n) is 5.63. The largest absolute Gasteiger partial charge is 0.420 e. The van der Waals surface area contributed by atoms with E-state index in [-0.39, 0.29) is 11.7 Å². The summed E-state index contributed by atoms with van der Waals surface area (Å²) in [6, 6.07) is 28.3. The molecule has 0 saturated carbocycles. The highest BCUT2D eigenvalue weighted by Crippen LogP contribution is 2.24. The highest BCUT2D eigenvalue weighted by atomic mass is 16.5. The number of nitrogens with zero attached hydrogens (tertiary/aromatic N) is 3. The number of amides is 1. The van der Waals surface area contributed by atoms with Crippen molar-refractivity contribution in [2.45, 2.75) is 26.9 Å². The average Bonchev–Trinajstić information content (AvgIpc) is 3.15. The molecule has 5 nitrogen and oxygen atoms in total. The highest BCUT2D eigenvalue weighted by Gasteiger charge is 2.34. The van der Waals surface area contributed by atoms with Crippen LogP contribution in [0.2, 0.25) is 0 Å². The van der Waals surface area contributed by atoms with E-state index in [4.69, 9.17) is 4.74 Å². The SMILES string of the molecule is CCN(CC)c1ccc(/C=C2/O/C(=N/Cc3ccccc3)N(Cc3ccccc3)C2=O)cc1. The zero-order valence-electron chi connectivity index (χ0n) is 19.1. The van der Waals surface area contributed by atoms with Crippen molar-refractivity contribution in [3.63, 3.8) is 0 Å². The van der Waals surface area contributed by atoms with Gasteiger partial charge in [0.25, 0.3) is 5.91 Å². The number of aliphatic imine (C=N–C) groups is 1. The molecule has 1 aliphatic heterocycles. The summed E-state index contributed by atoms with van der Waals surface area (Å²) in [6.07, 6.45) is 1.79. The molecule has 0 N–H and O–H groups in total. The van der Waals surface area contributed by atoms with E-state index in [9.17, 15) is 4.79 Å². The molecule has 0 radical (unpaired) electrons. The maximum Gasteiger partial charge on any atom is 0.300 e. The Hall–Kier alpha value is -3.86. The molecule has 1 heterocycles. The number of carbonyl (C=O) groups excluding carboxylic acids is 1. The number of hydrogen-bond donors (Lipinski definition) is 0. The van der Waals surface area contributed by atoms with Crippen molar-refractivity contribution in [2.24, 2.45) is 4.99 Å². The number of ether oxygens (including phenoxy) is 1. The minimum Gasteiger partial charge on any atom is -0.420 e. The van der Waals surface area contributed by atoms with Crippen LogP contribution in [0.25, 0.3) is 6.08 Å². The minimum absolute atomic E-state index is 0.182. The molecule has 3 aromatic carbocycles. The minimum atomic E-state index is -0.182. The van der Waals surface area contributed by atoms with E-state index in [2.05, 4.69) is 35.9 Å². The Kier molecular flexibility index (Phi) is 7.20. The summed E-state index contributed by atoms with van der Waals surface area (Å²) in [5, 5.41) is 0. The Balaban J connectivity index is 1.59. The lowest BCUT2D eigenvalue weighted by Crippen LogP contribution is -2.29. The van der Waals surface area contributed by atoms with E-state index >= 15 is 0 Å². The maximum atomic E-state index is 13.2. The molecule has 0 spiro atoms. The summed E-state index contributed by atoms with van der Waals surface area (Å²) < 4.78 is 5.98. The first-order valence-corrected chi connectivity index (χ1v) is 11.4. The van der Waals surface area contributed by atoms with Crippen molar-refractivity contribution in [1.82, 2.24) is 4.90 Å². The second-order valence-corrected chi connectivity index (χ2v) is 7.84. The molecule has 0 aromatic heterocycles. The number of anilines is 1. The van der Waals surface area contributed by atoms with E-state index in [1.54, 1.807) is 11.0 Å². The van der Waals surface area contributed by atoms with Gasteiger partial charge in [-0.1, -0.05) is 72.8 Å². The molecule has 168 valence electrons. The fourth-order valence-corrected chi connectivity index (χ4v) is 3.80. The Bertz CT molecular complexity index is 1120. The number of hydrogen-bond acceptors (Lipinski definition) is 4. The van der Waals surface area contributed by atoms with Crippen molar-refractivity contribution < 1.29 is 9.53 Å². The van der Waals surface area contributed by atoms with E-state index in [1.165, 1.54) is 0 Å². The molecule has 33 heavy (non-hydrogen) atoms. The first kappa shape index (κ1) is 22.3. The van der Waals surface area contributed by atoms with Gasteiger partial charge in [-0.25, -0.2) is 4.99 Å². The predicted octanol–water partition coefficient (Wildman–Crippen LogP) is 5.49. The summed E-state index contributed by atoms with van der Waals surface area (Å²) in [5.74, 6) is 0.104. The predicted molar refractivity (Wildman–Crippen MR) is 134 cm³/mol. The number of rotatable bonds is 8. The van der Waals surface area contributed by atoms with Gasteiger partial charge in [-0.05, 0) is 48.7 Å². The van der Waals surface area contributed by atoms with Crippen LogP contribution in [0.5, 0.6) is 0 Å². The topological polar surface area (TPSA) is 45.1 Å². The van der Waals surface area contributed by atoms with Crippen LogP contribution in [0.4, 0.5) is 5.69 Å². The third kappa shape index (κ3) is 5.50. The van der Waals surface area contributed by atoms with Crippen molar-refractivity contribution in [1.29, 1.82) is 0 Å². The quantitative estimate of drug-likeness (QED) is 0.436. The fraction of sp³-hybridized carbons (Fsp3) is 0.214. The molecule has 0 atom stereocenters. The summed E-state index contributed by atoms with van der Waals surface area (Å²) in [5.41, 5.74) is 4.16. The normalized spacial score (nSPS) is 15.8. The zero-order valence-corrected chi connectivity index (χ0v) is 19.1. The third-order valence-corrected chi connectivity index (χ3v) is 5.63. The molecular weight excluding hydrogens is 410 g/mol. The van der Waals surface area contributed by atoms with Gasteiger partial charge in [0.2, 0.25) is 0 Å². The molecule has 0 unspecified atom stereocenters. The van der Waals surface area contributed by atoms with Crippen LogP contribution in [0.3, 0.4) is 0 Å². The summed E-state index contributed by atoms with van der Waals surface area (Å²) in [7, 11) is 0. The second-order valence-electron chi connectivity index (χ2n) is 7.84. The smallest absolute Gasteiger partial charge is 0.300 e. The average molecular weight is 440 g/mol. The Labute approximate surface area is 195 Å². The molecule has 0 aliphatic carbocycles. The van der Waals surface area contributed by atoms with Crippen LogP contribution in [0.1, 0.15) is 30.5 Å². The number of benzene rings is 3. The van der Waals surface area contributed by atoms with Gasteiger partial charge in [0.05, 0.1) is 13.1 Å². The first-order chi connectivity index (χ1) is 16.2. The van der Waals surface area contributed by atoms with Crippen LogP contribution in [0.15, 0.2) is 95.7 Å². The monoisotopic (exact) mass is 439 g/mol. The van der Waals surface area contributed by atoms with Crippen LogP contribution in [0, 0.1) is 0 Å². The molecule has 1 saturated heterocycles. The van der Waals surface area contributed by atoms with E-state index in [0.29, 0.717) is 19.1 Å². The Morgan fingerprint density at radius 2 is 1.45 bits per heavy atom. The molecule has 0 bridgehead atoms. The van der Waals surface area contributed by atoms with Gasteiger partial charge < -0.3 is 9.64 Å². The molecule has 1 amide bonds. The van der Waals surface area contributed by atoms with E-state index < -0.39 is 0 Å². The molecule has 3 aromatic rings. The first-order valence-electron chi connectivity index (χ1n) is 11.4. The van der Waals surface area contributed by atoms with E-state index in [0.717, 1.165) is 35.5 Å².